The summed E-state index contributed by atoms with van der Waals surface area (Å²) in [4.78, 5) is 12.7. The largest absolute Gasteiger partial charge is 0.369 e. The number of aryl methyl sites for hydroxylation is 1. The summed E-state index contributed by atoms with van der Waals surface area (Å²) in [6.45, 7) is 4.87. The van der Waals surface area contributed by atoms with Crippen molar-refractivity contribution in [2.75, 3.05) is 25.5 Å². The van der Waals surface area contributed by atoms with Crippen molar-refractivity contribution in [3.63, 3.8) is 0 Å². The van der Waals surface area contributed by atoms with Crippen molar-refractivity contribution in [3.05, 3.63) is 82.7 Å². The fourth-order valence-corrected chi connectivity index (χ4v) is 5.84. The van der Waals surface area contributed by atoms with Gasteiger partial charge in [-0.15, -0.1) is 0 Å². The van der Waals surface area contributed by atoms with Crippen LogP contribution in [-0.2, 0) is 17.7 Å². The first-order valence-corrected chi connectivity index (χ1v) is 13.6. The Morgan fingerprint density at radius 3 is 2.66 bits per heavy atom. The SMILES string of the molecule is Cc1cc2c(C#N)cccc2n1-c1nc(NCc2ccccc2)c2c(n1)C(OC1CCN(C)CC1)CCC2. The molecule has 3 heterocycles. The molecule has 1 unspecified atom stereocenters. The number of nitrogens with one attached hydrogen (secondary N) is 1. The van der Waals surface area contributed by atoms with Crippen molar-refractivity contribution in [3.8, 4) is 12.0 Å². The van der Waals surface area contributed by atoms with Crippen molar-refractivity contribution >= 4 is 16.7 Å². The molecular weight excluding hydrogens is 472 g/mol. The number of rotatable bonds is 6. The van der Waals surface area contributed by atoms with Crippen LogP contribution in [0.15, 0.2) is 54.6 Å². The van der Waals surface area contributed by atoms with Gasteiger partial charge in [0.1, 0.15) is 11.9 Å². The highest BCUT2D eigenvalue weighted by Crippen LogP contribution is 2.38. The number of benzene rings is 2. The summed E-state index contributed by atoms with van der Waals surface area (Å²) in [6, 6.07) is 20.6. The van der Waals surface area contributed by atoms with Gasteiger partial charge in [0.2, 0.25) is 5.95 Å². The van der Waals surface area contributed by atoms with E-state index in [2.05, 4.69) is 58.2 Å². The lowest BCUT2D eigenvalue weighted by atomic mass is 9.93. The Morgan fingerprint density at radius 1 is 1.05 bits per heavy atom. The Bertz CT molecular complexity index is 1480. The van der Waals surface area contributed by atoms with Gasteiger partial charge in [-0.25, -0.2) is 4.98 Å². The number of nitriles is 1. The van der Waals surface area contributed by atoms with Crippen molar-refractivity contribution in [1.82, 2.24) is 19.4 Å². The lowest BCUT2D eigenvalue weighted by Crippen LogP contribution is -2.35. The van der Waals surface area contributed by atoms with Crippen LogP contribution < -0.4 is 5.32 Å². The second-order valence-electron chi connectivity index (χ2n) is 10.6. The monoisotopic (exact) mass is 506 g/mol. The molecule has 0 bridgehead atoms. The normalized spacial score (nSPS) is 18.3. The summed E-state index contributed by atoms with van der Waals surface area (Å²) >= 11 is 0. The molecule has 38 heavy (non-hydrogen) atoms. The summed E-state index contributed by atoms with van der Waals surface area (Å²) < 4.78 is 8.83. The van der Waals surface area contributed by atoms with Gasteiger partial charge < -0.3 is 15.0 Å². The third kappa shape index (κ3) is 4.78. The Morgan fingerprint density at radius 2 is 1.87 bits per heavy atom. The minimum atomic E-state index is -0.0389. The number of piperidine rings is 1. The van der Waals surface area contributed by atoms with E-state index >= 15 is 0 Å². The zero-order valence-corrected chi connectivity index (χ0v) is 22.2. The van der Waals surface area contributed by atoms with Gasteiger partial charge in [-0.1, -0.05) is 36.4 Å². The molecule has 1 N–H and O–H groups in total. The Balaban J connectivity index is 1.43. The van der Waals surface area contributed by atoms with Crippen LogP contribution in [0, 0.1) is 18.3 Å². The lowest BCUT2D eigenvalue weighted by molar-refractivity contribution is -0.0498. The molecule has 0 spiro atoms. The van der Waals surface area contributed by atoms with Crippen LogP contribution in [0.25, 0.3) is 16.9 Å². The lowest BCUT2D eigenvalue weighted by Gasteiger charge is -2.34. The first kappa shape index (κ1) is 24.6. The second kappa shape index (κ2) is 10.6. The molecule has 0 amide bonds. The number of hydrogen-bond acceptors (Lipinski definition) is 6. The van der Waals surface area contributed by atoms with E-state index in [1.807, 2.05) is 31.2 Å². The molecule has 6 rings (SSSR count). The number of fused-ring (bicyclic) bond motifs is 2. The fraction of sp³-hybridized carbons (Fsp3) is 0.387. The van der Waals surface area contributed by atoms with E-state index in [0.717, 1.165) is 73.3 Å². The van der Waals surface area contributed by atoms with E-state index in [1.54, 1.807) is 0 Å². The van der Waals surface area contributed by atoms with E-state index in [4.69, 9.17) is 14.7 Å². The van der Waals surface area contributed by atoms with Gasteiger partial charge in [-0.2, -0.15) is 10.2 Å². The van der Waals surface area contributed by atoms with E-state index in [-0.39, 0.29) is 12.2 Å². The minimum Gasteiger partial charge on any atom is -0.369 e. The van der Waals surface area contributed by atoms with Gasteiger partial charge in [0.25, 0.3) is 0 Å². The fourth-order valence-electron chi connectivity index (χ4n) is 5.84. The zero-order valence-electron chi connectivity index (χ0n) is 22.2. The maximum absolute atomic E-state index is 9.67. The van der Waals surface area contributed by atoms with Gasteiger partial charge >= 0.3 is 0 Å². The summed E-state index contributed by atoms with van der Waals surface area (Å²) in [5.41, 5.74) is 5.99. The molecule has 1 atom stereocenters. The van der Waals surface area contributed by atoms with Crippen molar-refractivity contribution in [2.45, 2.75) is 57.8 Å². The third-order valence-electron chi connectivity index (χ3n) is 7.90. The number of aromatic nitrogens is 3. The van der Waals surface area contributed by atoms with Crippen LogP contribution >= 0.6 is 0 Å². The first-order chi connectivity index (χ1) is 18.6. The number of anilines is 1. The highest BCUT2D eigenvalue weighted by molar-refractivity contribution is 5.88. The van der Waals surface area contributed by atoms with Gasteiger partial charge in [-0.3, -0.25) is 4.57 Å². The molecule has 1 fully saturated rings. The molecule has 1 aliphatic heterocycles. The van der Waals surface area contributed by atoms with E-state index < -0.39 is 0 Å². The summed E-state index contributed by atoms with van der Waals surface area (Å²) in [5, 5.41) is 14.2. The van der Waals surface area contributed by atoms with Crippen molar-refractivity contribution in [1.29, 1.82) is 5.26 Å². The topological polar surface area (TPSA) is 79.0 Å². The summed E-state index contributed by atoms with van der Waals surface area (Å²) in [6.07, 6.45) is 5.29. The van der Waals surface area contributed by atoms with E-state index in [9.17, 15) is 5.26 Å². The molecule has 1 aliphatic carbocycles. The average molecular weight is 507 g/mol. The molecule has 2 aromatic heterocycles. The van der Waals surface area contributed by atoms with Gasteiger partial charge in [-0.05, 0) is 69.8 Å². The molecular formula is C31H34N6O. The Kier molecular flexibility index (Phi) is 6.84. The highest BCUT2D eigenvalue weighted by Gasteiger charge is 2.30. The first-order valence-electron chi connectivity index (χ1n) is 13.6. The number of likely N-dealkylation sites (tertiary alicyclic amines) is 1. The number of hydrogen-bond donors (Lipinski definition) is 1. The van der Waals surface area contributed by atoms with Gasteiger partial charge in [0.05, 0.1) is 28.9 Å². The van der Waals surface area contributed by atoms with Crippen LogP contribution in [0.4, 0.5) is 5.82 Å². The Hall–Kier alpha value is -3.73. The standard InChI is InChI=1S/C31H34N6O/c1-21-18-26-23(19-32)10-6-12-27(26)37(21)31-34-29-25(30(35-31)33-20-22-8-4-3-5-9-22)11-7-13-28(29)38-24-14-16-36(2)17-15-24/h3-6,8-10,12,18,24,28H,7,11,13-17,20H2,1-2H3,(H,33,34,35). The molecule has 1 saturated heterocycles. The third-order valence-corrected chi connectivity index (χ3v) is 7.90. The second-order valence-corrected chi connectivity index (χ2v) is 10.6. The smallest absolute Gasteiger partial charge is 0.236 e. The number of nitrogens with zero attached hydrogens (tertiary/aromatic N) is 5. The predicted octanol–water partition coefficient (Wildman–Crippen LogP) is 5.70. The van der Waals surface area contributed by atoms with E-state index in [1.165, 1.54) is 11.1 Å². The van der Waals surface area contributed by atoms with Gasteiger partial charge in [0.15, 0.2) is 0 Å². The van der Waals surface area contributed by atoms with Gasteiger partial charge in [0, 0.05) is 36.3 Å². The van der Waals surface area contributed by atoms with Crippen LogP contribution in [0.1, 0.15) is 59.9 Å². The summed E-state index contributed by atoms with van der Waals surface area (Å²) in [5.74, 6) is 1.50. The highest BCUT2D eigenvalue weighted by atomic mass is 16.5. The summed E-state index contributed by atoms with van der Waals surface area (Å²) in [7, 11) is 2.18. The average Bonchev–Trinajstić information content (AvgIpc) is 3.29. The van der Waals surface area contributed by atoms with Crippen molar-refractivity contribution < 1.29 is 4.74 Å². The molecule has 2 aromatic carbocycles. The van der Waals surface area contributed by atoms with Crippen LogP contribution in [0.2, 0.25) is 0 Å². The molecule has 7 heteroatoms. The molecule has 194 valence electrons. The van der Waals surface area contributed by atoms with Crippen LogP contribution in [0.5, 0.6) is 0 Å². The minimum absolute atomic E-state index is 0.0389. The van der Waals surface area contributed by atoms with Crippen LogP contribution in [-0.4, -0.2) is 45.7 Å². The molecule has 0 radical (unpaired) electrons. The quantitative estimate of drug-likeness (QED) is 0.361. The number of ether oxygens (including phenoxy) is 1. The Labute approximate surface area is 224 Å². The maximum Gasteiger partial charge on any atom is 0.236 e. The molecule has 4 aromatic rings. The zero-order chi connectivity index (χ0) is 26.1. The van der Waals surface area contributed by atoms with Crippen LogP contribution in [0.3, 0.4) is 0 Å². The van der Waals surface area contributed by atoms with E-state index in [0.29, 0.717) is 18.1 Å². The van der Waals surface area contributed by atoms with Crippen molar-refractivity contribution in [2.24, 2.45) is 0 Å². The molecule has 2 aliphatic rings. The maximum atomic E-state index is 9.67. The predicted molar refractivity (Wildman–Crippen MR) is 149 cm³/mol. The molecule has 0 saturated carbocycles. The molecule has 7 nitrogen and oxygen atoms in total.